The largest absolute Gasteiger partial charge is 0.338 e. The van der Waals surface area contributed by atoms with E-state index >= 15 is 0 Å². The average Bonchev–Trinajstić information content (AvgIpc) is 3.30. The lowest BCUT2D eigenvalue weighted by atomic mass is 10.3. The summed E-state index contributed by atoms with van der Waals surface area (Å²) in [6, 6.07) is 5.83. The molecule has 0 aliphatic heterocycles. The van der Waals surface area contributed by atoms with Crippen molar-refractivity contribution in [1.82, 2.24) is 9.62 Å². The van der Waals surface area contributed by atoms with E-state index in [4.69, 9.17) is 0 Å². The predicted molar refractivity (Wildman–Crippen MR) is 86.2 cm³/mol. The summed E-state index contributed by atoms with van der Waals surface area (Å²) < 4.78 is 25.6. The summed E-state index contributed by atoms with van der Waals surface area (Å²) in [5, 5.41) is 5.47. The minimum Gasteiger partial charge on any atom is -0.338 e. The Balaban J connectivity index is 1.96. The van der Waals surface area contributed by atoms with Gasteiger partial charge in [0.05, 0.1) is 4.90 Å². The minimum absolute atomic E-state index is 0.181. The Kier molecular flexibility index (Phi) is 5.20. The maximum absolute atomic E-state index is 12.2. The van der Waals surface area contributed by atoms with Crippen LogP contribution in [0.2, 0.25) is 0 Å². The van der Waals surface area contributed by atoms with E-state index in [1.807, 2.05) is 0 Å². The van der Waals surface area contributed by atoms with Gasteiger partial charge in [-0.2, -0.15) is 4.31 Å². The zero-order valence-electron chi connectivity index (χ0n) is 12.6. The van der Waals surface area contributed by atoms with E-state index in [9.17, 15) is 13.2 Å². The molecule has 1 fully saturated rings. The highest BCUT2D eigenvalue weighted by Gasteiger charge is 2.22. The fourth-order valence-electron chi connectivity index (χ4n) is 1.90. The van der Waals surface area contributed by atoms with Crippen LogP contribution in [0, 0.1) is 5.92 Å². The highest BCUT2D eigenvalue weighted by Crippen LogP contribution is 2.27. The van der Waals surface area contributed by atoms with Crippen molar-refractivity contribution < 1.29 is 13.2 Å². The van der Waals surface area contributed by atoms with E-state index in [2.05, 4.69) is 17.2 Å². The zero-order chi connectivity index (χ0) is 16.2. The number of benzene rings is 1. The molecule has 0 unspecified atom stereocenters. The highest BCUT2D eigenvalue weighted by atomic mass is 32.2. The zero-order valence-corrected chi connectivity index (χ0v) is 13.4. The molecule has 0 spiro atoms. The fraction of sp³-hybridized carbons (Fsp3) is 0.400. The van der Waals surface area contributed by atoms with Crippen LogP contribution in [0.5, 0.6) is 0 Å². The number of hydrogen-bond donors (Lipinski definition) is 2. The van der Waals surface area contributed by atoms with E-state index in [1.165, 1.54) is 42.4 Å². The van der Waals surface area contributed by atoms with Gasteiger partial charge in [-0.05, 0) is 43.0 Å². The maximum atomic E-state index is 12.2. The quantitative estimate of drug-likeness (QED) is 0.754. The smallest absolute Gasteiger partial charge is 0.319 e. The van der Waals surface area contributed by atoms with Crippen LogP contribution >= 0.6 is 0 Å². The molecule has 1 aromatic rings. The molecule has 1 aromatic carbocycles. The third-order valence-electron chi connectivity index (χ3n) is 3.45. The van der Waals surface area contributed by atoms with Gasteiger partial charge in [0.1, 0.15) is 0 Å². The van der Waals surface area contributed by atoms with Crippen molar-refractivity contribution in [2.45, 2.75) is 17.7 Å². The second-order valence-electron chi connectivity index (χ2n) is 5.38. The standard InChI is InChI=1S/C15H21N3O3S/c1-3-10-18(2)22(20,21)14-8-6-13(7-9-14)17-15(19)16-11-12-4-5-12/h3,6-9,12H,1,4-5,10-11H2,2H3,(H2,16,17,19). The maximum Gasteiger partial charge on any atom is 0.319 e. The van der Waals surface area contributed by atoms with Gasteiger partial charge in [-0.15, -0.1) is 6.58 Å². The molecular formula is C15H21N3O3S. The summed E-state index contributed by atoms with van der Waals surface area (Å²) in [6.45, 7) is 4.46. The molecule has 0 heterocycles. The Morgan fingerprint density at radius 1 is 1.36 bits per heavy atom. The molecule has 2 N–H and O–H groups in total. The van der Waals surface area contributed by atoms with Crippen LogP contribution in [0.15, 0.2) is 41.8 Å². The van der Waals surface area contributed by atoms with E-state index in [0.717, 1.165) is 0 Å². The second kappa shape index (κ2) is 6.93. The van der Waals surface area contributed by atoms with Crippen molar-refractivity contribution in [3.8, 4) is 0 Å². The van der Waals surface area contributed by atoms with Gasteiger partial charge in [-0.1, -0.05) is 6.08 Å². The molecule has 1 aliphatic carbocycles. The van der Waals surface area contributed by atoms with Crippen LogP contribution in [-0.2, 0) is 10.0 Å². The Labute approximate surface area is 131 Å². The number of urea groups is 1. The third-order valence-corrected chi connectivity index (χ3v) is 5.29. The number of carbonyl (C=O) groups excluding carboxylic acids is 1. The van der Waals surface area contributed by atoms with Crippen molar-refractivity contribution in [2.24, 2.45) is 5.92 Å². The van der Waals surface area contributed by atoms with Crippen molar-refractivity contribution in [3.63, 3.8) is 0 Å². The molecule has 1 aliphatic rings. The van der Waals surface area contributed by atoms with E-state index < -0.39 is 10.0 Å². The number of hydrogen-bond acceptors (Lipinski definition) is 3. The molecule has 7 heteroatoms. The number of nitrogens with one attached hydrogen (secondary N) is 2. The summed E-state index contributed by atoms with van der Waals surface area (Å²) in [6.07, 6.45) is 3.87. The van der Waals surface area contributed by atoms with E-state index in [-0.39, 0.29) is 17.5 Å². The van der Waals surface area contributed by atoms with Crippen LogP contribution in [0.4, 0.5) is 10.5 Å². The molecule has 22 heavy (non-hydrogen) atoms. The Morgan fingerprint density at radius 3 is 2.55 bits per heavy atom. The Bertz CT molecular complexity index is 637. The molecule has 0 saturated heterocycles. The number of carbonyl (C=O) groups is 1. The number of rotatable bonds is 7. The number of anilines is 1. The number of sulfonamides is 1. The molecule has 6 nitrogen and oxygen atoms in total. The highest BCUT2D eigenvalue weighted by molar-refractivity contribution is 7.89. The predicted octanol–water partition coefficient (Wildman–Crippen LogP) is 2.02. The molecule has 2 amide bonds. The minimum atomic E-state index is -3.53. The first-order valence-corrected chi connectivity index (χ1v) is 8.59. The SMILES string of the molecule is C=CCN(C)S(=O)(=O)c1ccc(NC(=O)NCC2CC2)cc1. The van der Waals surface area contributed by atoms with Crippen molar-refractivity contribution >= 4 is 21.7 Å². The van der Waals surface area contributed by atoms with Gasteiger partial charge in [0.25, 0.3) is 0 Å². The first-order valence-electron chi connectivity index (χ1n) is 7.15. The molecule has 1 saturated carbocycles. The third kappa shape index (κ3) is 4.32. The second-order valence-corrected chi connectivity index (χ2v) is 7.42. The van der Waals surface area contributed by atoms with Gasteiger partial charge in [-0.3, -0.25) is 0 Å². The lowest BCUT2D eigenvalue weighted by molar-refractivity contribution is 0.251. The van der Waals surface area contributed by atoms with Gasteiger partial charge in [0, 0.05) is 25.8 Å². The Hall–Kier alpha value is -1.86. The molecule has 0 aromatic heterocycles. The Morgan fingerprint density at radius 2 is 2.00 bits per heavy atom. The topological polar surface area (TPSA) is 78.5 Å². The summed E-state index contributed by atoms with van der Waals surface area (Å²) in [7, 11) is -2.03. The summed E-state index contributed by atoms with van der Waals surface area (Å²) in [4.78, 5) is 11.8. The van der Waals surface area contributed by atoms with Gasteiger partial charge in [-0.25, -0.2) is 13.2 Å². The van der Waals surface area contributed by atoms with Crippen molar-refractivity contribution in [1.29, 1.82) is 0 Å². The van der Waals surface area contributed by atoms with Crippen molar-refractivity contribution in [3.05, 3.63) is 36.9 Å². The van der Waals surface area contributed by atoms with Crippen LogP contribution in [-0.4, -0.2) is 38.9 Å². The molecular weight excluding hydrogens is 302 g/mol. The lowest BCUT2D eigenvalue weighted by Crippen LogP contribution is -2.30. The first-order chi connectivity index (χ1) is 10.4. The summed E-state index contributed by atoms with van der Waals surface area (Å²) >= 11 is 0. The molecule has 2 rings (SSSR count). The van der Waals surface area contributed by atoms with Crippen LogP contribution in [0.25, 0.3) is 0 Å². The summed E-state index contributed by atoms with van der Waals surface area (Å²) in [5.74, 6) is 0.610. The molecule has 120 valence electrons. The molecule has 0 radical (unpaired) electrons. The average molecular weight is 323 g/mol. The first kappa shape index (κ1) is 16.5. The van der Waals surface area contributed by atoms with Gasteiger partial charge in [0.2, 0.25) is 10.0 Å². The normalized spacial score (nSPS) is 14.6. The molecule has 0 atom stereocenters. The van der Waals surface area contributed by atoms with Gasteiger partial charge >= 0.3 is 6.03 Å². The van der Waals surface area contributed by atoms with Crippen molar-refractivity contribution in [2.75, 3.05) is 25.5 Å². The number of amides is 2. The van der Waals surface area contributed by atoms with Crippen LogP contribution in [0.3, 0.4) is 0 Å². The molecule has 0 bridgehead atoms. The van der Waals surface area contributed by atoms with E-state index in [0.29, 0.717) is 18.2 Å². The monoisotopic (exact) mass is 323 g/mol. The van der Waals surface area contributed by atoms with Gasteiger partial charge in [0.15, 0.2) is 0 Å². The number of nitrogens with zero attached hydrogens (tertiary/aromatic N) is 1. The van der Waals surface area contributed by atoms with E-state index in [1.54, 1.807) is 12.1 Å². The van der Waals surface area contributed by atoms with Gasteiger partial charge < -0.3 is 10.6 Å². The summed E-state index contributed by atoms with van der Waals surface area (Å²) in [5.41, 5.74) is 0.554. The van der Waals surface area contributed by atoms with Crippen LogP contribution in [0.1, 0.15) is 12.8 Å². The lowest BCUT2D eigenvalue weighted by Gasteiger charge is -2.15. The van der Waals surface area contributed by atoms with Crippen LogP contribution < -0.4 is 10.6 Å². The fourth-order valence-corrected chi connectivity index (χ4v) is 3.05. The number of likely N-dealkylation sites (N-methyl/N-ethyl adjacent to an activating group) is 1.